The van der Waals surface area contributed by atoms with Gasteiger partial charge in [0.15, 0.2) is 0 Å². The number of ether oxygens (including phenoxy) is 3. The summed E-state index contributed by atoms with van der Waals surface area (Å²) in [7, 11) is -4.57. The van der Waals surface area contributed by atoms with Crippen molar-refractivity contribution in [2.24, 2.45) is 52.3 Å². The lowest BCUT2D eigenvalue weighted by molar-refractivity contribution is -0.177. The Morgan fingerprint density at radius 1 is 0.913 bits per heavy atom. The molecule has 6 unspecified atom stereocenters. The lowest BCUT2D eigenvalue weighted by Gasteiger charge is -2.62. The van der Waals surface area contributed by atoms with E-state index in [1.54, 1.807) is 0 Å². The topological polar surface area (TPSA) is 214 Å². The third-order valence-electron chi connectivity index (χ3n) is 12.5. The Kier molecular flexibility index (Phi) is 11.5. The van der Waals surface area contributed by atoms with Crippen LogP contribution in [-0.4, -0.2) is 74.3 Å². The molecule has 4 aliphatic rings. The van der Waals surface area contributed by atoms with Crippen molar-refractivity contribution in [1.82, 2.24) is 0 Å². The van der Waals surface area contributed by atoms with Gasteiger partial charge < -0.3 is 39.3 Å². The molecule has 0 saturated heterocycles. The van der Waals surface area contributed by atoms with E-state index in [9.17, 15) is 34.0 Å². The summed E-state index contributed by atoms with van der Waals surface area (Å²) in [6.07, 6.45) is 4.42. The van der Waals surface area contributed by atoms with Gasteiger partial charge in [0.2, 0.25) is 6.79 Å². The number of hydrogen-bond acceptors (Lipinski definition) is 9. The number of carboxylic acids is 2. The van der Waals surface area contributed by atoms with Gasteiger partial charge in [0.05, 0.1) is 18.2 Å². The maximum absolute atomic E-state index is 12.4. The van der Waals surface area contributed by atoms with E-state index in [1.165, 1.54) is 0 Å². The first-order chi connectivity index (χ1) is 21.5. The quantitative estimate of drug-likeness (QED) is 0.101. The largest absolute Gasteiger partial charge is 0.511 e. The molecule has 11 atom stereocenters. The van der Waals surface area contributed by atoms with Crippen molar-refractivity contribution in [1.29, 1.82) is 0 Å². The van der Waals surface area contributed by atoms with Crippen LogP contribution in [-0.2, 0) is 33.2 Å². The molecule has 4 rings (SSSR count). The molecule has 0 amide bonds. The second-order valence-electron chi connectivity index (χ2n) is 14.8. The summed E-state index contributed by atoms with van der Waals surface area (Å²) >= 11 is 0. The molecule has 5 N–H and O–H groups in total. The fraction of sp³-hybridized carbons (Fsp3) is 0.875. The Balaban J connectivity index is 1.25. The van der Waals surface area contributed by atoms with Crippen molar-refractivity contribution in [3.8, 4) is 0 Å². The molecule has 0 radical (unpaired) electrons. The van der Waals surface area contributed by atoms with Crippen molar-refractivity contribution < 1.29 is 63.1 Å². The first kappa shape index (κ1) is 36.6. The fourth-order valence-electron chi connectivity index (χ4n) is 10.1. The Morgan fingerprint density at radius 3 is 2.28 bits per heavy atom. The molecule has 0 aromatic heterocycles. The van der Waals surface area contributed by atoms with Crippen LogP contribution < -0.4 is 0 Å². The number of aliphatic hydroxyl groups excluding tert-OH is 1. The molecule has 4 fully saturated rings. The molecule has 0 bridgehead atoms. The van der Waals surface area contributed by atoms with Crippen LogP contribution in [0.1, 0.15) is 97.8 Å². The van der Waals surface area contributed by atoms with Crippen molar-refractivity contribution in [2.45, 2.75) is 110 Å². The third-order valence-corrected chi connectivity index (χ3v) is 13.4. The monoisotopic (exact) mass is 674 g/mol. The summed E-state index contributed by atoms with van der Waals surface area (Å²) in [5.74, 6) is -2.36. The smallest absolute Gasteiger partial charge is 0.481 e. The molecule has 4 aliphatic carbocycles. The highest BCUT2D eigenvalue weighted by Crippen LogP contribution is 2.68. The molecule has 13 nitrogen and oxygen atoms in total. The number of esters is 1. The Labute approximate surface area is 269 Å². The predicted octanol–water partition coefficient (Wildman–Crippen LogP) is 4.80. The van der Waals surface area contributed by atoms with Crippen LogP contribution in [0.25, 0.3) is 0 Å². The molecule has 14 heteroatoms. The van der Waals surface area contributed by atoms with Gasteiger partial charge in [-0.2, -0.15) is 0 Å². The van der Waals surface area contributed by atoms with Crippen LogP contribution in [0.15, 0.2) is 0 Å². The average Bonchev–Trinajstić information content (AvgIpc) is 3.32. The number of carbonyl (C=O) groups excluding carboxylic acids is 2. The van der Waals surface area contributed by atoms with E-state index in [-0.39, 0.29) is 35.7 Å². The number of hydrogen-bond donors (Lipinski definition) is 5. The van der Waals surface area contributed by atoms with Crippen molar-refractivity contribution in [3.05, 3.63) is 0 Å². The second kappa shape index (κ2) is 14.5. The van der Waals surface area contributed by atoms with E-state index in [0.29, 0.717) is 48.9 Å². The molecule has 0 heterocycles. The predicted molar refractivity (Wildman–Crippen MR) is 162 cm³/mol. The van der Waals surface area contributed by atoms with Gasteiger partial charge in [-0.25, -0.2) is 4.79 Å². The molecule has 0 aliphatic heterocycles. The molecule has 262 valence electrons. The number of carboxylic acid groups (broad SMARTS) is 2. The molecule has 0 spiro atoms. The SMILES string of the molecule is C[C@H](CCC(=O)O)C1CCC2C3CCC4C[C@H](OC(=O)OCOC(=O)CCC(CP(=O)(O)O)C(=O)O)CC[C@]4(C)C3C[C@H](O)[C@@]21C. The summed E-state index contributed by atoms with van der Waals surface area (Å²) in [5.41, 5.74) is -0.207. The minimum absolute atomic E-state index is 0.00510. The summed E-state index contributed by atoms with van der Waals surface area (Å²) in [5, 5.41) is 30.0. The summed E-state index contributed by atoms with van der Waals surface area (Å²) in [4.78, 5) is 64.8. The van der Waals surface area contributed by atoms with Crippen LogP contribution in [0.4, 0.5) is 4.79 Å². The molecule has 0 aromatic carbocycles. The Hall–Kier alpha value is -2.21. The zero-order valence-corrected chi connectivity index (χ0v) is 27.9. The van der Waals surface area contributed by atoms with Gasteiger partial charge in [0.25, 0.3) is 0 Å². The Morgan fingerprint density at radius 2 is 1.63 bits per heavy atom. The minimum Gasteiger partial charge on any atom is -0.481 e. The van der Waals surface area contributed by atoms with Gasteiger partial charge in [-0.05, 0) is 111 Å². The maximum atomic E-state index is 12.4. The summed E-state index contributed by atoms with van der Waals surface area (Å²) in [6.45, 7) is 5.99. The van der Waals surface area contributed by atoms with Crippen LogP contribution in [0, 0.1) is 52.3 Å². The number of rotatable bonds is 13. The molecular weight excluding hydrogens is 623 g/mol. The standard InChI is InChI=1S/C32H51O13P/c1-18(4-10-27(34)35)23-8-9-24-22-7-6-20-14-21(12-13-31(20,2)25(22)15-26(33)32(23,24)3)45-30(39)44-17-43-28(36)11-5-19(29(37)38)16-46(40,41)42/h18-26,33H,4-17H2,1-3H3,(H,34,35)(H,37,38)(H2,40,41,42)/t18-,19?,20?,21-,22?,23?,24?,25?,26+,31+,32-/m1/s1. The molecule has 4 saturated carbocycles. The van der Waals surface area contributed by atoms with Crippen molar-refractivity contribution >= 4 is 31.7 Å². The average molecular weight is 675 g/mol. The van der Waals surface area contributed by atoms with Crippen LogP contribution >= 0.6 is 7.60 Å². The lowest BCUT2D eigenvalue weighted by Crippen LogP contribution is -2.59. The van der Waals surface area contributed by atoms with E-state index in [0.717, 1.165) is 38.5 Å². The number of carbonyl (C=O) groups is 4. The van der Waals surface area contributed by atoms with Gasteiger partial charge in [-0.15, -0.1) is 0 Å². The maximum Gasteiger partial charge on any atom is 0.511 e. The normalized spacial score (nSPS) is 36.7. The molecule has 46 heavy (non-hydrogen) atoms. The van der Waals surface area contributed by atoms with E-state index in [1.807, 2.05) is 0 Å². The van der Waals surface area contributed by atoms with E-state index in [2.05, 4.69) is 20.8 Å². The van der Waals surface area contributed by atoms with Crippen molar-refractivity contribution in [3.63, 3.8) is 0 Å². The van der Waals surface area contributed by atoms with E-state index >= 15 is 0 Å². The fourth-order valence-corrected chi connectivity index (χ4v) is 11.0. The first-order valence-electron chi connectivity index (χ1n) is 16.6. The van der Waals surface area contributed by atoms with E-state index < -0.39 is 63.1 Å². The zero-order valence-electron chi connectivity index (χ0n) is 27.0. The zero-order chi connectivity index (χ0) is 34.0. The highest BCUT2D eigenvalue weighted by Gasteiger charge is 2.63. The van der Waals surface area contributed by atoms with Gasteiger partial charge in [0.1, 0.15) is 6.10 Å². The first-order valence-corrected chi connectivity index (χ1v) is 18.4. The van der Waals surface area contributed by atoms with E-state index in [4.69, 9.17) is 29.1 Å². The van der Waals surface area contributed by atoms with Gasteiger partial charge >= 0.3 is 31.7 Å². The number of aliphatic carboxylic acids is 2. The molecular formula is C32H51O13P. The van der Waals surface area contributed by atoms with Gasteiger partial charge in [0, 0.05) is 12.8 Å². The molecule has 0 aromatic rings. The minimum atomic E-state index is -4.57. The highest BCUT2D eigenvalue weighted by atomic mass is 31.2. The Bertz CT molecular complexity index is 1190. The van der Waals surface area contributed by atoms with Gasteiger partial charge in [-0.1, -0.05) is 20.8 Å². The van der Waals surface area contributed by atoms with Crippen molar-refractivity contribution in [2.75, 3.05) is 13.0 Å². The van der Waals surface area contributed by atoms with Crippen LogP contribution in [0.3, 0.4) is 0 Å². The summed E-state index contributed by atoms with van der Waals surface area (Å²) in [6, 6.07) is 0. The van der Waals surface area contributed by atoms with Crippen LogP contribution in [0.2, 0.25) is 0 Å². The third kappa shape index (κ3) is 8.08. The second-order valence-corrected chi connectivity index (χ2v) is 16.5. The number of aliphatic hydroxyl groups is 1. The number of fused-ring (bicyclic) bond motifs is 5. The summed E-state index contributed by atoms with van der Waals surface area (Å²) < 4.78 is 26.4. The highest BCUT2D eigenvalue weighted by molar-refractivity contribution is 7.51. The van der Waals surface area contributed by atoms with Crippen LogP contribution in [0.5, 0.6) is 0 Å². The lowest BCUT2D eigenvalue weighted by atomic mass is 9.43. The van der Waals surface area contributed by atoms with Gasteiger partial charge in [-0.3, -0.25) is 18.9 Å².